The number of furan rings is 1. The summed E-state index contributed by atoms with van der Waals surface area (Å²) in [5, 5.41) is -0.744. The molecule has 0 atom stereocenters. The molecule has 0 amide bonds. The Morgan fingerprint density at radius 3 is 2.56 bits per heavy atom. The van der Waals surface area contributed by atoms with Gasteiger partial charge >= 0.3 is 0 Å². The lowest BCUT2D eigenvalue weighted by Gasteiger charge is -2.15. The van der Waals surface area contributed by atoms with Crippen molar-refractivity contribution in [1.82, 2.24) is 0 Å². The normalized spacial score (nSPS) is 14.7. The molecule has 0 bridgehead atoms. The fourth-order valence-electron chi connectivity index (χ4n) is 2.91. The summed E-state index contributed by atoms with van der Waals surface area (Å²) in [5.74, 6) is -2.97. The molecule has 0 aliphatic heterocycles. The Hall–Kier alpha value is -1.75. The van der Waals surface area contributed by atoms with Crippen LogP contribution >= 0.6 is 22.6 Å². The minimum Gasteiger partial charge on any atom is -0.462 e. The molecule has 1 aliphatic carbocycles. The monoisotopic (exact) mass is 507 g/mol. The van der Waals surface area contributed by atoms with Crippen molar-refractivity contribution in [3.8, 4) is 0 Å². The van der Waals surface area contributed by atoms with Crippen LogP contribution < -0.4 is 4.72 Å². The molecule has 3 aromatic rings. The van der Waals surface area contributed by atoms with E-state index >= 15 is 0 Å². The lowest BCUT2D eigenvalue weighted by Crippen LogP contribution is -2.19. The van der Waals surface area contributed by atoms with E-state index in [1.807, 2.05) is 22.6 Å². The van der Waals surface area contributed by atoms with Gasteiger partial charge in [0.15, 0.2) is 17.2 Å². The van der Waals surface area contributed by atoms with Crippen LogP contribution in [0.4, 0.5) is 18.9 Å². The second kappa shape index (κ2) is 6.69. The van der Waals surface area contributed by atoms with Crippen molar-refractivity contribution in [3.05, 3.63) is 62.7 Å². The fourth-order valence-corrected chi connectivity index (χ4v) is 4.78. The third-order valence-corrected chi connectivity index (χ3v) is 6.99. The highest BCUT2D eigenvalue weighted by molar-refractivity contribution is 14.1. The van der Waals surface area contributed by atoms with Crippen molar-refractivity contribution < 1.29 is 26.0 Å². The van der Waals surface area contributed by atoms with Crippen molar-refractivity contribution in [2.24, 2.45) is 0 Å². The quantitative estimate of drug-likeness (QED) is 0.498. The Kier molecular flexibility index (Phi) is 4.61. The summed E-state index contributed by atoms with van der Waals surface area (Å²) in [4.78, 5) is 0. The molecule has 9 heteroatoms. The number of nitrogens with one attached hydrogen (secondary N) is 1. The Labute approximate surface area is 166 Å². The fraction of sp³-hybridized carbons (Fsp3) is 0.222. The molecule has 1 saturated carbocycles. The summed E-state index contributed by atoms with van der Waals surface area (Å²) in [6, 6.07) is 5.58. The largest absolute Gasteiger partial charge is 0.462 e. The highest BCUT2D eigenvalue weighted by Crippen LogP contribution is 2.38. The first kappa shape index (κ1) is 18.6. The molecule has 1 heterocycles. The van der Waals surface area contributed by atoms with Gasteiger partial charge in [-0.1, -0.05) is 6.07 Å². The average Bonchev–Trinajstić information content (AvgIpc) is 3.36. The van der Waals surface area contributed by atoms with Crippen molar-refractivity contribution >= 4 is 49.3 Å². The van der Waals surface area contributed by atoms with Crippen LogP contribution in [0.2, 0.25) is 0 Å². The average molecular weight is 507 g/mol. The zero-order chi connectivity index (χ0) is 19.3. The second-order valence-electron chi connectivity index (χ2n) is 6.40. The number of hydrogen-bond donors (Lipinski definition) is 1. The predicted molar refractivity (Wildman–Crippen MR) is 104 cm³/mol. The van der Waals surface area contributed by atoms with E-state index in [0.717, 1.165) is 6.26 Å². The van der Waals surface area contributed by atoms with Crippen molar-refractivity contribution in [2.75, 3.05) is 4.72 Å². The number of fused-ring (bicyclic) bond motifs is 1. The topological polar surface area (TPSA) is 59.3 Å². The van der Waals surface area contributed by atoms with Gasteiger partial charge in [0.05, 0.1) is 22.6 Å². The molecule has 0 radical (unpaired) electrons. The van der Waals surface area contributed by atoms with Gasteiger partial charge in [-0.3, -0.25) is 4.72 Å². The zero-order valence-electron chi connectivity index (χ0n) is 13.7. The van der Waals surface area contributed by atoms with Gasteiger partial charge in [-0.15, -0.1) is 0 Å². The lowest BCUT2D eigenvalue weighted by atomic mass is 10.0. The summed E-state index contributed by atoms with van der Waals surface area (Å²) in [5.41, 5.74) is -0.469. The molecule has 0 unspecified atom stereocenters. The van der Waals surface area contributed by atoms with E-state index in [-0.39, 0.29) is 34.2 Å². The molecule has 0 spiro atoms. The molecule has 4 nitrogen and oxygen atoms in total. The van der Waals surface area contributed by atoms with Crippen LogP contribution in [0.5, 0.6) is 0 Å². The Balaban J connectivity index is 1.89. The second-order valence-corrected chi connectivity index (χ2v) is 9.61. The van der Waals surface area contributed by atoms with Crippen molar-refractivity contribution in [1.29, 1.82) is 0 Å². The summed E-state index contributed by atoms with van der Waals surface area (Å²) >= 11 is 1.93. The Morgan fingerprint density at radius 1 is 1.15 bits per heavy atom. The molecule has 1 fully saturated rings. The predicted octanol–water partition coefficient (Wildman–Crippen LogP) is 4.95. The summed E-state index contributed by atoms with van der Waals surface area (Å²) in [6.07, 6.45) is 1.82. The van der Waals surface area contributed by atoms with E-state index in [9.17, 15) is 21.6 Å². The molecule has 1 aliphatic rings. The molecule has 27 heavy (non-hydrogen) atoms. The summed E-state index contributed by atoms with van der Waals surface area (Å²) in [7, 11) is -3.76. The van der Waals surface area contributed by atoms with Gasteiger partial charge in [0.2, 0.25) is 10.0 Å². The van der Waals surface area contributed by atoms with Crippen LogP contribution in [0.15, 0.2) is 34.9 Å². The van der Waals surface area contributed by atoms with Crippen LogP contribution in [0.1, 0.15) is 24.0 Å². The smallest absolute Gasteiger partial charge is 0.235 e. The summed E-state index contributed by atoms with van der Waals surface area (Å²) in [6.45, 7) is 0. The number of anilines is 1. The van der Waals surface area contributed by atoms with Gasteiger partial charge in [-0.05, 0) is 59.2 Å². The number of benzene rings is 2. The molecule has 4 rings (SSSR count). The molecular formula is C18H13F3INO3S. The first-order chi connectivity index (χ1) is 12.8. The highest BCUT2D eigenvalue weighted by Gasteiger charge is 2.37. The van der Waals surface area contributed by atoms with Gasteiger partial charge in [0.1, 0.15) is 5.82 Å². The van der Waals surface area contributed by atoms with E-state index in [2.05, 4.69) is 4.72 Å². The molecule has 142 valence electrons. The highest BCUT2D eigenvalue weighted by atomic mass is 127. The maximum Gasteiger partial charge on any atom is 0.235 e. The van der Waals surface area contributed by atoms with Crippen molar-refractivity contribution in [3.63, 3.8) is 0 Å². The number of hydrogen-bond acceptors (Lipinski definition) is 3. The molecule has 1 aromatic heterocycles. The third-order valence-electron chi connectivity index (χ3n) is 4.48. The number of sulfonamides is 1. The number of rotatable bonds is 5. The summed E-state index contributed by atoms with van der Waals surface area (Å²) < 4.78 is 76.5. The minimum atomic E-state index is -3.76. The SMILES string of the molecule is O=S(=O)(Nc1c(Cc2ccc(I)cc2F)c(F)c(F)c2ccoc12)C1CC1. The van der Waals surface area contributed by atoms with Gasteiger partial charge in [0.25, 0.3) is 0 Å². The Bertz CT molecular complexity index is 1160. The van der Waals surface area contributed by atoms with E-state index in [0.29, 0.717) is 16.4 Å². The van der Waals surface area contributed by atoms with E-state index in [1.165, 1.54) is 18.2 Å². The standard InChI is InChI=1S/C18H13F3INO3S/c19-14-8-10(22)2-1-9(14)7-13-16(21)15(20)12-5-6-26-18(12)17(13)23-27(24,25)11-3-4-11/h1-2,5-6,8,11,23H,3-4,7H2. The maximum absolute atomic E-state index is 14.8. The first-order valence-electron chi connectivity index (χ1n) is 8.10. The molecule has 2 aromatic carbocycles. The van der Waals surface area contributed by atoms with E-state index < -0.39 is 32.7 Å². The van der Waals surface area contributed by atoms with Crippen molar-refractivity contribution in [2.45, 2.75) is 24.5 Å². The van der Waals surface area contributed by atoms with Gasteiger partial charge < -0.3 is 4.42 Å². The van der Waals surface area contributed by atoms with Crippen LogP contribution in [0, 0.1) is 21.0 Å². The number of halogens is 4. The molecular weight excluding hydrogens is 494 g/mol. The zero-order valence-corrected chi connectivity index (χ0v) is 16.7. The van der Waals surface area contributed by atoms with Crippen LogP contribution in [0.25, 0.3) is 11.0 Å². The first-order valence-corrected chi connectivity index (χ1v) is 10.7. The minimum absolute atomic E-state index is 0.112. The van der Waals surface area contributed by atoms with E-state index in [1.54, 1.807) is 6.07 Å². The van der Waals surface area contributed by atoms with Gasteiger partial charge in [-0.25, -0.2) is 21.6 Å². The van der Waals surface area contributed by atoms with Crippen LogP contribution in [-0.4, -0.2) is 13.7 Å². The lowest BCUT2D eigenvalue weighted by molar-refractivity contribution is 0.507. The van der Waals surface area contributed by atoms with Crippen LogP contribution in [-0.2, 0) is 16.4 Å². The Morgan fingerprint density at radius 2 is 1.89 bits per heavy atom. The maximum atomic E-state index is 14.8. The van der Waals surface area contributed by atoms with Crippen LogP contribution in [0.3, 0.4) is 0 Å². The van der Waals surface area contributed by atoms with Gasteiger partial charge in [0, 0.05) is 15.6 Å². The van der Waals surface area contributed by atoms with E-state index in [4.69, 9.17) is 4.42 Å². The molecule has 1 N–H and O–H groups in total. The molecule has 0 saturated heterocycles. The van der Waals surface area contributed by atoms with Gasteiger partial charge in [-0.2, -0.15) is 0 Å². The third kappa shape index (κ3) is 3.42.